The molecule has 0 aromatic heterocycles. The molecule has 0 spiro atoms. The number of β-amino-alcohol motifs (C(OH)–C–C–N with tert-alkyl or cyclic N) is 1. The molecule has 1 aliphatic heterocycles. The molecule has 0 unspecified atom stereocenters. The van der Waals surface area contributed by atoms with Crippen LogP contribution in [0.15, 0.2) is 24.3 Å². The third-order valence-electron chi connectivity index (χ3n) is 3.58. The molecule has 2 atom stereocenters. The minimum Gasteiger partial charge on any atom is -0.392 e. The van der Waals surface area contributed by atoms with Crippen LogP contribution < -0.4 is 10.6 Å². The Bertz CT molecular complexity index is 466. The van der Waals surface area contributed by atoms with Crippen molar-refractivity contribution in [3.63, 3.8) is 0 Å². The second-order valence-corrected chi connectivity index (χ2v) is 5.51. The van der Waals surface area contributed by atoms with Crippen LogP contribution in [0.3, 0.4) is 0 Å². The number of amides is 1. The van der Waals surface area contributed by atoms with Gasteiger partial charge in [0.25, 0.3) is 0 Å². The molecular formula is C15H22FN3O2. The molecule has 1 fully saturated rings. The summed E-state index contributed by atoms with van der Waals surface area (Å²) in [5.41, 5.74) is 1.03. The Kier molecular flexibility index (Phi) is 5.67. The van der Waals surface area contributed by atoms with Gasteiger partial charge in [-0.1, -0.05) is 12.1 Å². The standard InChI is InChI=1S/C15H22FN3O2/c1-19(10-11-2-4-12(16)5-3-11)7-6-17-15(21)14-8-13(20)9-18-14/h2-5,13-14,18,20H,6-10H2,1H3,(H,17,21)/t13-,14-/m1/s1. The van der Waals surface area contributed by atoms with Crippen molar-refractivity contribution in [2.45, 2.75) is 25.1 Å². The fraction of sp³-hybridized carbons (Fsp3) is 0.533. The van der Waals surface area contributed by atoms with Gasteiger partial charge in [-0.15, -0.1) is 0 Å². The highest BCUT2D eigenvalue weighted by Crippen LogP contribution is 2.06. The van der Waals surface area contributed by atoms with Crippen LogP contribution in [-0.2, 0) is 11.3 Å². The maximum absolute atomic E-state index is 12.8. The van der Waals surface area contributed by atoms with E-state index in [-0.39, 0.29) is 17.8 Å². The topological polar surface area (TPSA) is 64.6 Å². The lowest BCUT2D eigenvalue weighted by molar-refractivity contribution is -0.122. The van der Waals surface area contributed by atoms with Crippen LogP contribution in [0.4, 0.5) is 4.39 Å². The number of aliphatic hydroxyl groups is 1. The van der Waals surface area contributed by atoms with E-state index in [0.29, 0.717) is 32.6 Å². The molecule has 1 heterocycles. The lowest BCUT2D eigenvalue weighted by Gasteiger charge is -2.18. The molecular weight excluding hydrogens is 273 g/mol. The molecule has 1 aromatic rings. The molecule has 3 N–H and O–H groups in total. The van der Waals surface area contributed by atoms with Crippen molar-refractivity contribution in [2.24, 2.45) is 0 Å². The van der Waals surface area contributed by atoms with Gasteiger partial charge < -0.3 is 20.6 Å². The maximum atomic E-state index is 12.8. The molecule has 1 amide bonds. The second-order valence-electron chi connectivity index (χ2n) is 5.51. The quantitative estimate of drug-likeness (QED) is 0.696. The van der Waals surface area contributed by atoms with Crippen LogP contribution in [0.2, 0.25) is 0 Å². The monoisotopic (exact) mass is 295 g/mol. The minimum atomic E-state index is -0.429. The van der Waals surface area contributed by atoms with Crippen LogP contribution in [-0.4, -0.2) is 54.7 Å². The van der Waals surface area contributed by atoms with E-state index in [1.54, 1.807) is 12.1 Å². The molecule has 21 heavy (non-hydrogen) atoms. The number of carbonyl (C=O) groups is 1. The van der Waals surface area contributed by atoms with Gasteiger partial charge in [0, 0.05) is 26.2 Å². The van der Waals surface area contributed by atoms with E-state index in [2.05, 4.69) is 15.5 Å². The number of nitrogens with one attached hydrogen (secondary N) is 2. The Morgan fingerprint density at radius 1 is 1.48 bits per heavy atom. The fourth-order valence-electron chi connectivity index (χ4n) is 2.39. The molecule has 116 valence electrons. The van der Waals surface area contributed by atoms with Crippen LogP contribution in [0.5, 0.6) is 0 Å². The predicted molar refractivity (Wildman–Crippen MR) is 78.2 cm³/mol. The summed E-state index contributed by atoms with van der Waals surface area (Å²) in [4.78, 5) is 13.9. The number of hydrogen-bond acceptors (Lipinski definition) is 4. The van der Waals surface area contributed by atoms with Gasteiger partial charge in [0.2, 0.25) is 5.91 Å². The number of halogens is 1. The highest BCUT2D eigenvalue weighted by molar-refractivity contribution is 5.82. The summed E-state index contributed by atoms with van der Waals surface area (Å²) in [6.07, 6.45) is 0.0407. The first-order chi connectivity index (χ1) is 10.0. The number of carbonyl (C=O) groups excluding carboxylic acids is 1. The van der Waals surface area contributed by atoms with Gasteiger partial charge in [-0.2, -0.15) is 0 Å². The molecule has 6 heteroatoms. The van der Waals surface area contributed by atoms with Crippen molar-refractivity contribution in [1.82, 2.24) is 15.5 Å². The Morgan fingerprint density at radius 3 is 2.81 bits per heavy atom. The number of benzene rings is 1. The van der Waals surface area contributed by atoms with Crippen molar-refractivity contribution in [3.05, 3.63) is 35.6 Å². The van der Waals surface area contributed by atoms with Crippen LogP contribution in [0, 0.1) is 5.82 Å². The van der Waals surface area contributed by atoms with Gasteiger partial charge in [0.15, 0.2) is 0 Å². The van der Waals surface area contributed by atoms with Gasteiger partial charge in [-0.25, -0.2) is 4.39 Å². The molecule has 0 aliphatic carbocycles. The van der Waals surface area contributed by atoms with Crippen molar-refractivity contribution in [2.75, 3.05) is 26.7 Å². The van der Waals surface area contributed by atoms with E-state index in [4.69, 9.17) is 0 Å². The average Bonchev–Trinajstić information content (AvgIpc) is 2.88. The molecule has 0 bridgehead atoms. The number of hydrogen-bond donors (Lipinski definition) is 3. The fourth-order valence-corrected chi connectivity index (χ4v) is 2.39. The van der Waals surface area contributed by atoms with Crippen LogP contribution in [0.25, 0.3) is 0 Å². The van der Waals surface area contributed by atoms with Crippen molar-refractivity contribution >= 4 is 5.91 Å². The Hall–Kier alpha value is -1.50. The first-order valence-corrected chi connectivity index (χ1v) is 7.17. The SMILES string of the molecule is CN(CCNC(=O)[C@H]1C[C@@H](O)CN1)Cc1ccc(F)cc1. The van der Waals surface area contributed by atoms with E-state index in [9.17, 15) is 14.3 Å². The number of aliphatic hydroxyl groups excluding tert-OH is 1. The molecule has 1 aromatic carbocycles. The van der Waals surface area contributed by atoms with Crippen LogP contribution in [0.1, 0.15) is 12.0 Å². The molecule has 1 aliphatic rings. The van der Waals surface area contributed by atoms with Gasteiger partial charge in [-0.3, -0.25) is 4.79 Å². The lowest BCUT2D eigenvalue weighted by atomic mass is 10.2. The molecule has 0 radical (unpaired) electrons. The van der Waals surface area contributed by atoms with E-state index in [1.165, 1.54) is 12.1 Å². The van der Waals surface area contributed by atoms with Gasteiger partial charge in [0.1, 0.15) is 5.82 Å². The second kappa shape index (κ2) is 7.49. The smallest absolute Gasteiger partial charge is 0.237 e. The van der Waals surface area contributed by atoms with Crippen molar-refractivity contribution in [3.8, 4) is 0 Å². The van der Waals surface area contributed by atoms with E-state index >= 15 is 0 Å². The summed E-state index contributed by atoms with van der Waals surface area (Å²) < 4.78 is 12.8. The predicted octanol–water partition coefficient (Wildman–Crippen LogP) is 0.0965. The molecule has 2 rings (SSSR count). The Labute approximate surface area is 124 Å². The number of nitrogens with zero attached hydrogens (tertiary/aromatic N) is 1. The summed E-state index contributed by atoms with van der Waals surface area (Å²) in [6.45, 7) is 2.43. The highest BCUT2D eigenvalue weighted by Gasteiger charge is 2.27. The Morgan fingerprint density at radius 2 is 2.19 bits per heavy atom. The Balaban J connectivity index is 1.66. The van der Waals surface area contributed by atoms with E-state index in [1.807, 2.05) is 7.05 Å². The van der Waals surface area contributed by atoms with Crippen molar-refractivity contribution in [1.29, 1.82) is 0 Å². The van der Waals surface area contributed by atoms with Gasteiger partial charge in [0.05, 0.1) is 12.1 Å². The third-order valence-corrected chi connectivity index (χ3v) is 3.58. The molecule has 0 saturated carbocycles. The van der Waals surface area contributed by atoms with E-state index < -0.39 is 6.10 Å². The maximum Gasteiger partial charge on any atom is 0.237 e. The molecule has 5 nitrogen and oxygen atoms in total. The van der Waals surface area contributed by atoms with Gasteiger partial charge >= 0.3 is 0 Å². The van der Waals surface area contributed by atoms with Gasteiger partial charge in [-0.05, 0) is 31.2 Å². The zero-order chi connectivity index (χ0) is 15.2. The van der Waals surface area contributed by atoms with E-state index in [0.717, 1.165) is 5.56 Å². The van der Waals surface area contributed by atoms with Crippen LogP contribution >= 0.6 is 0 Å². The summed E-state index contributed by atoms with van der Waals surface area (Å²) in [6, 6.07) is 6.12. The highest BCUT2D eigenvalue weighted by atomic mass is 19.1. The zero-order valence-electron chi connectivity index (χ0n) is 12.2. The summed E-state index contributed by atoms with van der Waals surface area (Å²) >= 11 is 0. The number of rotatable bonds is 6. The average molecular weight is 295 g/mol. The summed E-state index contributed by atoms with van der Waals surface area (Å²) in [5, 5.41) is 15.2. The zero-order valence-corrected chi connectivity index (χ0v) is 12.2. The lowest BCUT2D eigenvalue weighted by Crippen LogP contribution is -2.42. The summed E-state index contributed by atoms with van der Waals surface area (Å²) in [7, 11) is 1.95. The first-order valence-electron chi connectivity index (χ1n) is 7.17. The normalized spacial score (nSPS) is 21.7. The largest absolute Gasteiger partial charge is 0.392 e. The molecule has 1 saturated heterocycles. The van der Waals surface area contributed by atoms with Crippen molar-refractivity contribution < 1.29 is 14.3 Å². The minimum absolute atomic E-state index is 0.0678. The third kappa shape index (κ3) is 5.08. The number of likely N-dealkylation sites (N-methyl/N-ethyl adjacent to an activating group) is 1. The first kappa shape index (κ1) is 15.9. The summed E-state index contributed by atoms with van der Waals surface area (Å²) in [5.74, 6) is -0.304.